The maximum Gasteiger partial charge on any atom is 0.416 e. The summed E-state index contributed by atoms with van der Waals surface area (Å²) in [5, 5.41) is 3.15. The highest BCUT2D eigenvalue weighted by molar-refractivity contribution is 5.29. The van der Waals surface area contributed by atoms with Crippen molar-refractivity contribution >= 4 is 0 Å². The number of halogens is 3. The van der Waals surface area contributed by atoms with Crippen molar-refractivity contribution in [1.82, 2.24) is 10.2 Å². The Morgan fingerprint density at radius 3 is 2.50 bits per heavy atom. The van der Waals surface area contributed by atoms with Crippen LogP contribution in [-0.2, 0) is 12.7 Å². The molecule has 0 aromatic heterocycles. The highest BCUT2D eigenvalue weighted by Crippen LogP contribution is 2.31. The summed E-state index contributed by atoms with van der Waals surface area (Å²) in [6.07, 6.45) is -1.83. The second-order valence-corrected chi connectivity index (χ2v) is 5.38. The minimum absolute atomic E-state index is 0.258. The van der Waals surface area contributed by atoms with Crippen molar-refractivity contribution < 1.29 is 13.2 Å². The number of benzene rings is 1. The quantitative estimate of drug-likeness (QED) is 0.893. The number of hydrogen-bond donors (Lipinski definition) is 1. The molecule has 112 valence electrons. The number of nitrogens with one attached hydrogen (secondary N) is 1. The van der Waals surface area contributed by atoms with Crippen LogP contribution in [0.4, 0.5) is 13.2 Å². The van der Waals surface area contributed by atoms with Gasteiger partial charge in [0.2, 0.25) is 0 Å². The SMILES string of the molecule is CC(CNCc1ccccc1C(F)(F)F)N1CCCC1. The highest BCUT2D eigenvalue weighted by atomic mass is 19.4. The average Bonchev–Trinajstić information content (AvgIpc) is 2.92. The Morgan fingerprint density at radius 2 is 1.85 bits per heavy atom. The molecule has 1 aromatic carbocycles. The fraction of sp³-hybridized carbons (Fsp3) is 0.600. The van der Waals surface area contributed by atoms with Crippen LogP contribution >= 0.6 is 0 Å². The normalized spacial score (nSPS) is 18.4. The summed E-state index contributed by atoms with van der Waals surface area (Å²) in [5.74, 6) is 0. The number of nitrogens with zero attached hydrogens (tertiary/aromatic N) is 1. The van der Waals surface area contributed by atoms with Gasteiger partial charge in [-0.2, -0.15) is 13.2 Å². The number of likely N-dealkylation sites (tertiary alicyclic amines) is 1. The van der Waals surface area contributed by atoms with Crippen LogP contribution in [0.2, 0.25) is 0 Å². The molecule has 0 spiro atoms. The van der Waals surface area contributed by atoms with Crippen molar-refractivity contribution in [3.05, 3.63) is 35.4 Å². The third kappa shape index (κ3) is 3.96. The molecule has 0 bridgehead atoms. The average molecular weight is 286 g/mol. The summed E-state index contributed by atoms with van der Waals surface area (Å²) in [6.45, 7) is 5.29. The Bertz CT molecular complexity index is 425. The van der Waals surface area contributed by atoms with E-state index in [0.29, 0.717) is 18.2 Å². The van der Waals surface area contributed by atoms with Crippen LogP contribution in [0.25, 0.3) is 0 Å². The topological polar surface area (TPSA) is 15.3 Å². The van der Waals surface area contributed by atoms with Gasteiger partial charge in [-0.1, -0.05) is 18.2 Å². The van der Waals surface area contributed by atoms with Crippen LogP contribution in [0.3, 0.4) is 0 Å². The Morgan fingerprint density at radius 1 is 1.20 bits per heavy atom. The van der Waals surface area contributed by atoms with Gasteiger partial charge in [0, 0.05) is 19.1 Å². The molecule has 1 atom stereocenters. The van der Waals surface area contributed by atoms with E-state index in [-0.39, 0.29) is 6.54 Å². The predicted octanol–water partition coefficient (Wildman–Crippen LogP) is 3.28. The van der Waals surface area contributed by atoms with Crippen LogP contribution in [0.1, 0.15) is 30.9 Å². The van der Waals surface area contributed by atoms with Crippen LogP contribution < -0.4 is 5.32 Å². The molecule has 20 heavy (non-hydrogen) atoms. The van der Waals surface area contributed by atoms with Crippen LogP contribution in [0.15, 0.2) is 24.3 Å². The van der Waals surface area contributed by atoms with E-state index in [1.807, 2.05) is 0 Å². The number of hydrogen-bond acceptors (Lipinski definition) is 2. The Labute approximate surface area is 118 Å². The summed E-state index contributed by atoms with van der Waals surface area (Å²) in [5.41, 5.74) is -0.227. The van der Waals surface area contributed by atoms with E-state index in [2.05, 4.69) is 17.1 Å². The molecule has 0 aliphatic carbocycles. The Kier molecular flexibility index (Phi) is 5.05. The van der Waals surface area contributed by atoms with Crippen molar-refractivity contribution in [3.8, 4) is 0 Å². The van der Waals surface area contributed by atoms with Gasteiger partial charge in [-0.3, -0.25) is 4.90 Å². The smallest absolute Gasteiger partial charge is 0.311 e. The molecule has 5 heteroatoms. The summed E-state index contributed by atoms with van der Waals surface area (Å²) in [6, 6.07) is 6.13. The van der Waals surface area contributed by atoms with E-state index in [1.54, 1.807) is 6.07 Å². The first-order valence-electron chi connectivity index (χ1n) is 7.08. The largest absolute Gasteiger partial charge is 0.416 e. The lowest BCUT2D eigenvalue weighted by Gasteiger charge is -2.24. The Hall–Kier alpha value is -1.07. The first-order chi connectivity index (χ1) is 9.48. The van der Waals surface area contributed by atoms with Gasteiger partial charge in [0.05, 0.1) is 5.56 Å². The fourth-order valence-electron chi connectivity index (χ4n) is 2.68. The zero-order valence-corrected chi connectivity index (χ0v) is 11.7. The van der Waals surface area contributed by atoms with Crippen molar-refractivity contribution in [2.75, 3.05) is 19.6 Å². The summed E-state index contributed by atoms with van der Waals surface area (Å²) >= 11 is 0. The molecule has 0 saturated carbocycles. The molecule has 1 N–H and O–H groups in total. The summed E-state index contributed by atoms with van der Waals surface area (Å²) in [4.78, 5) is 2.38. The van der Waals surface area contributed by atoms with E-state index in [4.69, 9.17) is 0 Å². The van der Waals surface area contributed by atoms with Gasteiger partial charge in [-0.05, 0) is 44.5 Å². The van der Waals surface area contributed by atoms with E-state index < -0.39 is 11.7 Å². The van der Waals surface area contributed by atoms with Crippen molar-refractivity contribution in [1.29, 1.82) is 0 Å². The minimum Gasteiger partial charge on any atom is -0.311 e. The summed E-state index contributed by atoms with van der Waals surface area (Å²) < 4.78 is 38.5. The first-order valence-corrected chi connectivity index (χ1v) is 7.08. The lowest BCUT2D eigenvalue weighted by Crippen LogP contribution is -2.38. The van der Waals surface area contributed by atoms with Crippen molar-refractivity contribution in [2.45, 2.75) is 38.5 Å². The van der Waals surface area contributed by atoms with E-state index in [9.17, 15) is 13.2 Å². The molecular weight excluding hydrogens is 265 g/mol. The molecule has 1 saturated heterocycles. The molecule has 2 nitrogen and oxygen atoms in total. The molecule has 1 aromatic rings. The van der Waals surface area contributed by atoms with Gasteiger partial charge in [0.1, 0.15) is 0 Å². The molecule has 1 heterocycles. The van der Waals surface area contributed by atoms with Crippen LogP contribution in [0.5, 0.6) is 0 Å². The zero-order chi connectivity index (χ0) is 14.6. The number of rotatable bonds is 5. The molecule has 1 fully saturated rings. The monoisotopic (exact) mass is 286 g/mol. The molecule has 2 rings (SSSR count). The maximum atomic E-state index is 12.8. The second kappa shape index (κ2) is 6.59. The lowest BCUT2D eigenvalue weighted by atomic mass is 10.1. The van der Waals surface area contributed by atoms with E-state index in [1.165, 1.54) is 25.0 Å². The Balaban J connectivity index is 1.88. The highest BCUT2D eigenvalue weighted by Gasteiger charge is 2.32. The van der Waals surface area contributed by atoms with E-state index >= 15 is 0 Å². The van der Waals surface area contributed by atoms with Gasteiger partial charge in [-0.25, -0.2) is 0 Å². The van der Waals surface area contributed by atoms with Gasteiger partial charge in [0.25, 0.3) is 0 Å². The van der Waals surface area contributed by atoms with E-state index in [0.717, 1.165) is 19.2 Å². The second-order valence-electron chi connectivity index (χ2n) is 5.38. The lowest BCUT2D eigenvalue weighted by molar-refractivity contribution is -0.138. The first kappa shape index (κ1) is 15.3. The molecule has 0 amide bonds. The third-order valence-electron chi connectivity index (χ3n) is 3.84. The van der Waals surface area contributed by atoms with Gasteiger partial charge in [0.15, 0.2) is 0 Å². The van der Waals surface area contributed by atoms with Gasteiger partial charge in [-0.15, -0.1) is 0 Å². The minimum atomic E-state index is -4.28. The van der Waals surface area contributed by atoms with Gasteiger partial charge < -0.3 is 5.32 Å². The molecular formula is C15H21F3N2. The molecule has 1 aliphatic heterocycles. The molecule has 0 radical (unpaired) electrons. The van der Waals surface area contributed by atoms with Crippen LogP contribution in [-0.4, -0.2) is 30.6 Å². The van der Waals surface area contributed by atoms with Crippen molar-refractivity contribution in [2.24, 2.45) is 0 Å². The van der Waals surface area contributed by atoms with Gasteiger partial charge >= 0.3 is 6.18 Å². The molecule has 1 unspecified atom stereocenters. The standard InChI is InChI=1S/C15H21F3N2/c1-12(20-8-4-5-9-20)10-19-11-13-6-2-3-7-14(13)15(16,17)18/h2-3,6-7,12,19H,4-5,8-11H2,1H3. The zero-order valence-electron chi connectivity index (χ0n) is 11.7. The molecule has 1 aliphatic rings. The predicted molar refractivity (Wildman–Crippen MR) is 73.4 cm³/mol. The maximum absolute atomic E-state index is 12.8. The summed E-state index contributed by atoms with van der Waals surface area (Å²) in [7, 11) is 0. The van der Waals surface area contributed by atoms with Crippen LogP contribution in [0, 0.1) is 0 Å². The number of alkyl halides is 3. The van der Waals surface area contributed by atoms with Crippen molar-refractivity contribution in [3.63, 3.8) is 0 Å². The fourth-order valence-corrected chi connectivity index (χ4v) is 2.68. The third-order valence-corrected chi connectivity index (χ3v) is 3.84.